The molecule has 1 saturated heterocycles. The highest BCUT2D eigenvalue weighted by atomic mass is 32.2. The number of rotatable bonds is 6. The fraction of sp³-hybridized carbons (Fsp3) is 0.562. The lowest BCUT2D eigenvalue weighted by Crippen LogP contribution is -2.48. The predicted octanol–water partition coefficient (Wildman–Crippen LogP) is 0.524. The van der Waals surface area contributed by atoms with Crippen LogP contribution in [0.5, 0.6) is 0 Å². The summed E-state index contributed by atoms with van der Waals surface area (Å²) in [6.07, 6.45) is 1.20. The Bertz CT molecular complexity index is 712. The lowest BCUT2D eigenvalue weighted by Gasteiger charge is -2.34. The molecule has 24 heavy (non-hydrogen) atoms. The quantitative estimate of drug-likeness (QED) is 0.755. The molecule has 0 atom stereocenters. The van der Waals surface area contributed by atoms with Gasteiger partial charge in [0.05, 0.1) is 11.3 Å². The van der Waals surface area contributed by atoms with Gasteiger partial charge in [0, 0.05) is 52.1 Å². The summed E-state index contributed by atoms with van der Waals surface area (Å²) in [5.41, 5.74) is 1.46. The molecule has 1 fully saturated rings. The SMILES string of the molecule is COCCCN1CCN(S(=O)(=O)c2ccc3c(c2)CC(=O)N3)CC1. The normalized spacial score (nSPS) is 19.3. The third-order valence-electron chi connectivity index (χ3n) is 4.49. The van der Waals surface area contributed by atoms with Crippen LogP contribution in [0.1, 0.15) is 12.0 Å². The first-order valence-corrected chi connectivity index (χ1v) is 9.59. The van der Waals surface area contributed by atoms with Gasteiger partial charge in [-0.15, -0.1) is 0 Å². The number of carbonyl (C=O) groups is 1. The fourth-order valence-corrected chi connectivity index (χ4v) is 4.61. The molecule has 1 aromatic carbocycles. The van der Waals surface area contributed by atoms with Gasteiger partial charge in [-0.2, -0.15) is 4.31 Å². The predicted molar refractivity (Wildman–Crippen MR) is 90.5 cm³/mol. The third kappa shape index (κ3) is 3.61. The average molecular weight is 353 g/mol. The Morgan fingerprint density at radius 3 is 2.67 bits per heavy atom. The third-order valence-corrected chi connectivity index (χ3v) is 6.39. The number of methoxy groups -OCH3 is 1. The maximum Gasteiger partial charge on any atom is 0.243 e. The zero-order valence-corrected chi connectivity index (χ0v) is 14.6. The number of anilines is 1. The highest BCUT2D eigenvalue weighted by Gasteiger charge is 2.29. The maximum absolute atomic E-state index is 12.8. The molecule has 2 aliphatic heterocycles. The van der Waals surface area contributed by atoms with Gasteiger partial charge in [0.15, 0.2) is 0 Å². The van der Waals surface area contributed by atoms with Crippen LogP contribution < -0.4 is 5.32 Å². The molecule has 2 heterocycles. The molecule has 0 bridgehead atoms. The average Bonchev–Trinajstić information content (AvgIpc) is 2.94. The van der Waals surface area contributed by atoms with Crippen molar-refractivity contribution in [2.45, 2.75) is 17.7 Å². The first-order chi connectivity index (χ1) is 11.5. The summed E-state index contributed by atoms with van der Waals surface area (Å²) in [4.78, 5) is 14.0. The van der Waals surface area contributed by atoms with Gasteiger partial charge >= 0.3 is 0 Å². The van der Waals surface area contributed by atoms with Gasteiger partial charge in [0.25, 0.3) is 0 Å². The van der Waals surface area contributed by atoms with E-state index in [-0.39, 0.29) is 17.2 Å². The molecule has 0 aliphatic carbocycles. The van der Waals surface area contributed by atoms with E-state index in [9.17, 15) is 13.2 Å². The number of ether oxygens (including phenoxy) is 1. The van der Waals surface area contributed by atoms with E-state index in [1.165, 1.54) is 4.31 Å². The summed E-state index contributed by atoms with van der Waals surface area (Å²) in [5.74, 6) is -0.0933. The summed E-state index contributed by atoms with van der Waals surface area (Å²) in [6, 6.07) is 4.87. The second-order valence-corrected chi connectivity index (χ2v) is 8.07. The number of piperazine rings is 1. The van der Waals surface area contributed by atoms with Crippen LogP contribution in [-0.4, -0.2) is 70.0 Å². The molecule has 0 saturated carbocycles. The van der Waals surface area contributed by atoms with E-state index in [0.29, 0.717) is 18.8 Å². The van der Waals surface area contributed by atoms with Crippen molar-refractivity contribution in [2.75, 3.05) is 51.8 Å². The Kier molecular flexibility index (Phi) is 5.19. The van der Waals surface area contributed by atoms with Crippen molar-refractivity contribution in [1.29, 1.82) is 0 Å². The van der Waals surface area contributed by atoms with Gasteiger partial charge in [-0.05, 0) is 30.2 Å². The molecule has 1 amide bonds. The number of benzene rings is 1. The largest absolute Gasteiger partial charge is 0.385 e. The summed E-state index contributed by atoms with van der Waals surface area (Å²) in [5, 5.41) is 2.72. The van der Waals surface area contributed by atoms with E-state index in [4.69, 9.17) is 4.74 Å². The number of fused-ring (bicyclic) bond motifs is 1. The summed E-state index contributed by atoms with van der Waals surface area (Å²) in [7, 11) is -1.82. The number of carbonyl (C=O) groups excluding carboxylic acids is 1. The number of sulfonamides is 1. The van der Waals surface area contributed by atoms with Crippen LogP contribution in [0.3, 0.4) is 0 Å². The van der Waals surface area contributed by atoms with Crippen molar-refractivity contribution in [3.05, 3.63) is 23.8 Å². The Labute approximate surface area is 142 Å². The van der Waals surface area contributed by atoms with Crippen LogP contribution >= 0.6 is 0 Å². The van der Waals surface area contributed by atoms with E-state index >= 15 is 0 Å². The number of nitrogens with one attached hydrogen (secondary N) is 1. The number of nitrogens with zero attached hydrogens (tertiary/aromatic N) is 2. The summed E-state index contributed by atoms with van der Waals surface area (Å²) in [6.45, 7) is 4.09. The number of hydrogen-bond acceptors (Lipinski definition) is 5. The van der Waals surface area contributed by atoms with E-state index in [1.54, 1.807) is 25.3 Å². The first kappa shape index (κ1) is 17.3. The number of amides is 1. The molecule has 0 spiro atoms. The Hall–Kier alpha value is -1.48. The van der Waals surface area contributed by atoms with Crippen LogP contribution in [0.2, 0.25) is 0 Å². The molecule has 7 nitrogen and oxygen atoms in total. The zero-order valence-electron chi connectivity index (χ0n) is 13.8. The van der Waals surface area contributed by atoms with Gasteiger partial charge < -0.3 is 15.0 Å². The van der Waals surface area contributed by atoms with Crippen LogP contribution in [0, 0.1) is 0 Å². The molecular formula is C16H23N3O4S. The standard InChI is InChI=1S/C16H23N3O4S/c1-23-10-2-5-18-6-8-19(9-7-18)24(21,22)14-3-4-15-13(11-14)12-16(20)17-15/h3-4,11H,2,5-10,12H2,1H3,(H,17,20). The molecule has 8 heteroatoms. The Morgan fingerprint density at radius 2 is 1.96 bits per heavy atom. The van der Waals surface area contributed by atoms with Gasteiger partial charge in [0.1, 0.15) is 0 Å². The van der Waals surface area contributed by atoms with Crippen molar-refractivity contribution >= 4 is 21.6 Å². The molecule has 3 rings (SSSR count). The van der Waals surface area contributed by atoms with Crippen molar-refractivity contribution in [3.8, 4) is 0 Å². The molecule has 1 aromatic rings. The lowest BCUT2D eigenvalue weighted by atomic mass is 10.2. The van der Waals surface area contributed by atoms with E-state index in [2.05, 4.69) is 10.2 Å². The van der Waals surface area contributed by atoms with Crippen LogP contribution in [0.15, 0.2) is 23.1 Å². The lowest BCUT2D eigenvalue weighted by molar-refractivity contribution is -0.115. The molecule has 2 aliphatic rings. The Morgan fingerprint density at radius 1 is 1.21 bits per heavy atom. The molecular weight excluding hydrogens is 330 g/mol. The first-order valence-electron chi connectivity index (χ1n) is 8.15. The zero-order chi connectivity index (χ0) is 17.2. The molecule has 1 N–H and O–H groups in total. The topological polar surface area (TPSA) is 79.0 Å². The molecule has 132 valence electrons. The van der Waals surface area contributed by atoms with E-state index < -0.39 is 10.0 Å². The monoisotopic (exact) mass is 353 g/mol. The van der Waals surface area contributed by atoms with E-state index in [1.807, 2.05) is 0 Å². The number of hydrogen-bond donors (Lipinski definition) is 1. The van der Waals surface area contributed by atoms with Crippen molar-refractivity contribution in [2.24, 2.45) is 0 Å². The minimum Gasteiger partial charge on any atom is -0.385 e. The fourth-order valence-electron chi connectivity index (χ4n) is 3.14. The van der Waals surface area contributed by atoms with Crippen LogP contribution in [0.4, 0.5) is 5.69 Å². The highest BCUT2D eigenvalue weighted by molar-refractivity contribution is 7.89. The van der Waals surface area contributed by atoms with Gasteiger partial charge in [0.2, 0.25) is 15.9 Å². The molecule has 0 unspecified atom stereocenters. The van der Waals surface area contributed by atoms with Crippen molar-refractivity contribution < 1.29 is 17.9 Å². The minimum absolute atomic E-state index is 0.0933. The summed E-state index contributed by atoms with van der Waals surface area (Å²) < 4.78 is 32.2. The van der Waals surface area contributed by atoms with Gasteiger partial charge in [-0.3, -0.25) is 4.79 Å². The van der Waals surface area contributed by atoms with Gasteiger partial charge in [-0.25, -0.2) is 8.42 Å². The minimum atomic E-state index is -3.51. The van der Waals surface area contributed by atoms with E-state index in [0.717, 1.165) is 38.2 Å². The maximum atomic E-state index is 12.8. The van der Waals surface area contributed by atoms with Crippen molar-refractivity contribution in [1.82, 2.24) is 9.21 Å². The van der Waals surface area contributed by atoms with Gasteiger partial charge in [-0.1, -0.05) is 0 Å². The van der Waals surface area contributed by atoms with Crippen molar-refractivity contribution in [3.63, 3.8) is 0 Å². The molecule has 0 radical (unpaired) electrons. The second-order valence-electron chi connectivity index (χ2n) is 6.14. The molecule has 0 aromatic heterocycles. The Balaban J connectivity index is 1.65. The van der Waals surface area contributed by atoms with Crippen LogP contribution in [-0.2, 0) is 26.0 Å². The second kappa shape index (κ2) is 7.18. The smallest absolute Gasteiger partial charge is 0.243 e. The highest BCUT2D eigenvalue weighted by Crippen LogP contribution is 2.27. The van der Waals surface area contributed by atoms with Crippen LogP contribution in [0.25, 0.3) is 0 Å². The summed E-state index contributed by atoms with van der Waals surface area (Å²) >= 11 is 0.